The van der Waals surface area contributed by atoms with Crippen LogP contribution >= 0.6 is 0 Å². The molecule has 4 heteroatoms. The van der Waals surface area contributed by atoms with Crippen molar-refractivity contribution in [1.82, 2.24) is 9.97 Å². The SMILES string of the molecule is COc1ccccc1C1(Nc2ncc(C)cn2)CC1. The average Bonchev–Trinajstić information content (AvgIpc) is 3.22. The van der Waals surface area contributed by atoms with E-state index in [4.69, 9.17) is 4.74 Å². The molecule has 0 radical (unpaired) electrons. The summed E-state index contributed by atoms with van der Waals surface area (Å²) in [4.78, 5) is 8.64. The minimum atomic E-state index is -0.0676. The van der Waals surface area contributed by atoms with Gasteiger partial charge in [0.2, 0.25) is 5.95 Å². The third-order valence-electron chi connectivity index (χ3n) is 3.50. The molecular weight excluding hydrogens is 238 g/mol. The zero-order valence-electron chi connectivity index (χ0n) is 11.2. The van der Waals surface area contributed by atoms with Crippen molar-refractivity contribution in [2.75, 3.05) is 12.4 Å². The normalized spacial score (nSPS) is 15.9. The molecule has 1 aliphatic rings. The van der Waals surface area contributed by atoms with Crippen LogP contribution in [0.1, 0.15) is 24.0 Å². The molecule has 1 aromatic carbocycles. The van der Waals surface area contributed by atoms with Crippen LogP contribution in [0, 0.1) is 6.92 Å². The molecule has 1 heterocycles. The molecule has 19 heavy (non-hydrogen) atoms. The Balaban J connectivity index is 1.89. The van der Waals surface area contributed by atoms with E-state index in [9.17, 15) is 0 Å². The van der Waals surface area contributed by atoms with Crippen molar-refractivity contribution < 1.29 is 4.74 Å². The minimum Gasteiger partial charge on any atom is -0.496 e. The number of nitrogens with one attached hydrogen (secondary N) is 1. The number of rotatable bonds is 4. The summed E-state index contributed by atoms with van der Waals surface area (Å²) in [5, 5.41) is 3.45. The fourth-order valence-electron chi connectivity index (χ4n) is 2.30. The highest BCUT2D eigenvalue weighted by Gasteiger charge is 2.46. The van der Waals surface area contributed by atoms with Crippen molar-refractivity contribution >= 4 is 5.95 Å². The molecule has 98 valence electrons. The average molecular weight is 255 g/mol. The molecule has 3 rings (SSSR count). The number of aromatic nitrogens is 2. The highest BCUT2D eigenvalue weighted by atomic mass is 16.5. The lowest BCUT2D eigenvalue weighted by molar-refractivity contribution is 0.406. The van der Waals surface area contributed by atoms with Crippen LogP contribution in [0.4, 0.5) is 5.95 Å². The monoisotopic (exact) mass is 255 g/mol. The molecule has 1 saturated carbocycles. The maximum Gasteiger partial charge on any atom is 0.223 e. The van der Waals surface area contributed by atoms with Crippen molar-refractivity contribution in [3.05, 3.63) is 47.8 Å². The molecule has 1 aliphatic carbocycles. The summed E-state index contributed by atoms with van der Waals surface area (Å²) in [6.07, 6.45) is 5.80. The van der Waals surface area contributed by atoms with E-state index >= 15 is 0 Å². The molecular formula is C15H17N3O. The number of aryl methyl sites for hydroxylation is 1. The van der Waals surface area contributed by atoms with Crippen LogP contribution in [0.3, 0.4) is 0 Å². The second-order valence-electron chi connectivity index (χ2n) is 4.99. The Morgan fingerprint density at radius 1 is 1.16 bits per heavy atom. The van der Waals surface area contributed by atoms with Gasteiger partial charge in [0.15, 0.2) is 0 Å². The third-order valence-corrected chi connectivity index (χ3v) is 3.50. The Bertz CT molecular complexity index is 576. The molecule has 1 fully saturated rings. The Labute approximate surface area is 112 Å². The highest BCUT2D eigenvalue weighted by molar-refractivity contribution is 5.48. The van der Waals surface area contributed by atoms with Crippen molar-refractivity contribution in [3.63, 3.8) is 0 Å². The van der Waals surface area contributed by atoms with Gasteiger partial charge in [-0.1, -0.05) is 18.2 Å². The zero-order valence-corrected chi connectivity index (χ0v) is 11.2. The van der Waals surface area contributed by atoms with E-state index in [-0.39, 0.29) is 5.54 Å². The van der Waals surface area contributed by atoms with Gasteiger partial charge in [-0.05, 0) is 31.4 Å². The van der Waals surface area contributed by atoms with Gasteiger partial charge < -0.3 is 10.1 Å². The third kappa shape index (κ3) is 2.26. The quantitative estimate of drug-likeness (QED) is 0.912. The first-order chi connectivity index (χ1) is 9.23. The van der Waals surface area contributed by atoms with Crippen molar-refractivity contribution in [3.8, 4) is 5.75 Å². The van der Waals surface area contributed by atoms with E-state index in [0.29, 0.717) is 5.95 Å². The fraction of sp³-hybridized carbons (Fsp3) is 0.333. The fourth-order valence-corrected chi connectivity index (χ4v) is 2.30. The minimum absolute atomic E-state index is 0.0676. The molecule has 0 saturated heterocycles. The van der Waals surface area contributed by atoms with Crippen LogP contribution < -0.4 is 10.1 Å². The largest absolute Gasteiger partial charge is 0.496 e. The number of hydrogen-bond acceptors (Lipinski definition) is 4. The van der Waals surface area contributed by atoms with Crippen LogP contribution in [-0.4, -0.2) is 17.1 Å². The summed E-state index contributed by atoms with van der Waals surface area (Å²) in [6.45, 7) is 1.98. The van der Waals surface area contributed by atoms with Gasteiger partial charge >= 0.3 is 0 Å². The molecule has 1 aromatic heterocycles. The number of para-hydroxylation sites is 1. The Morgan fingerprint density at radius 2 is 1.84 bits per heavy atom. The smallest absolute Gasteiger partial charge is 0.223 e. The predicted molar refractivity (Wildman–Crippen MR) is 74.3 cm³/mol. The Hall–Kier alpha value is -2.10. The van der Waals surface area contributed by atoms with Gasteiger partial charge in [0.25, 0.3) is 0 Å². The molecule has 0 unspecified atom stereocenters. The van der Waals surface area contributed by atoms with Gasteiger partial charge in [0.1, 0.15) is 5.75 Å². The summed E-state index contributed by atoms with van der Waals surface area (Å²) in [6, 6.07) is 8.12. The van der Waals surface area contributed by atoms with Gasteiger partial charge in [-0.3, -0.25) is 0 Å². The molecule has 0 bridgehead atoms. The Kier molecular flexibility index (Phi) is 2.85. The van der Waals surface area contributed by atoms with Crippen molar-refractivity contribution in [1.29, 1.82) is 0 Å². The highest BCUT2D eigenvalue weighted by Crippen LogP contribution is 2.50. The second kappa shape index (κ2) is 4.53. The lowest BCUT2D eigenvalue weighted by atomic mass is 10.0. The number of ether oxygens (including phenoxy) is 1. The molecule has 0 spiro atoms. The van der Waals surface area contributed by atoms with Gasteiger partial charge in [-0.25, -0.2) is 9.97 Å². The van der Waals surface area contributed by atoms with Gasteiger partial charge in [-0.2, -0.15) is 0 Å². The molecule has 4 nitrogen and oxygen atoms in total. The standard InChI is InChI=1S/C15H17N3O/c1-11-9-16-14(17-10-11)18-15(7-8-15)12-5-3-4-6-13(12)19-2/h3-6,9-10H,7-8H2,1-2H3,(H,16,17,18). The van der Waals surface area contributed by atoms with Crippen molar-refractivity contribution in [2.45, 2.75) is 25.3 Å². The van der Waals surface area contributed by atoms with E-state index in [0.717, 1.165) is 24.2 Å². The number of benzene rings is 1. The van der Waals surface area contributed by atoms with E-state index in [1.165, 1.54) is 5.56 Å². The molecule has 0 aliphatic heterocycles. The lowest BCUT2D eigenvalue weighted by Crippen LogP contribution is -2.21. The van der Waals surface area contributed by atoms with Crippen LogP contribution in [0.25, 0.3) is 0 Å². The lowest BCUT2D eigenvalue weighted by Gasteiger charge is -2.20. The first-order valence-corrected chi connectivity index (χ1v) is 6.44. The number of methoxy groups -OCH3 is 1. The second-order valence-corrected chi connectivity index (χ2v) is 4.99. The van der Waals surface area contributed by atoms with Gasteiger partial charge in [0, 0.05) is 18.0 Å². The van der Waals surface area contributed by atoms with Crippen LogP contribution in [0.2, 0.25) is 0 Å². The maximum atomic E-state index is 5.45. The molecule has 0 amide bonds. The summed E-state index contributed by atoms with van der Waals surface area (Å²) >= 11 is 0. The topological polar surface area (TPSA) is 47.0 Å². The predicted octanol–water partition coefficient (Wildman–Crippen LogP) is 2.89. The number of nitrogens with zero attached hydrogens (tertiary/aromatic N) is 2. The Morgan fingerprint density at radius 3 is 2.47 bits per heavy atom. The van der Waals surface area contributed by atoms with Gasteiger partial charge in [-0.15, -0.1) is 0 Å². The van der Waals surface area contributed by atoms with E-state index in [2.05, 4.69) is 21.4 Å². The van der Waals surface area contributed by atoms with Crippen LogP contribution in [-0.2, 0) is 5.54 Å². The molecule has 0 atom stereocenters. The van der Waals surface area contributed by atoms with E-state index in [1.807, 2.05) is 37.5 Å². The van der Waals surface area contributed by atoms with E-state index < -0.39 is 0 Å². The molecule has 1 N–H and O–H groups in total. The first kappa shape index (κ1) is 12.0. The van der Waals surface area contributed by atoms with Crippen molar-refractivity contribution in [2.24, 2.45) is 0 Å². The van der Waals surface area contributed by atoms with Gasteiger partial charge in [0.05, 0.1) is 12.6 Å². The first-order valence-electron chi connectivity index (χ1n) is 6.44. The van der Waals surface area contributed by atoms with Crippen LogP contribution in [0.15, 0.2) is 36.7 Å². The summed E-state index contributed by atoms with van der Waals surface area (Å²) in [5.41, 5.74) is 2.18. The summed E-state index contributed by atoms with van der Waals surface area (Å²) in [7, 11) is 1.71. The number of anilines is 1. The summed E-state index contributed by atoms with van der Waals surface area (Å²) in [5.74, 6) is 1.59. The van der Waals surface area contributed by atoms with Crippen LogP contribution in [0.5, 0.6) is 5.75 Å². The summed E-state index contributed by atoms with van der Waals surface area (Å²) < 4.78 is 5.45. The number of hydrogen-bond donors (Lipinski definition) is 1. The molecule has 2 aromatic rings. The maximum absolute atomic E-state index is 5.45. The zero-order chi connectivity index (χ0) is 13.3. The van der Waals surface area contributed by atoms with E-state index in [1.54, 1.807) is 7.11 Å².